The molecular formula is C18H25IN4OS2. The van der Waals surface area contributed by atoms with Crippen LogP contribution in [0.3, 0.4) is 0 Å². The number of carbonyl (C=O) groups excluding carboxylic acids is 1. The zero-order valence-corrected chi connectivity index (χ0v) is 19.1. The molecule has 2 aromatic rings. The first-order valence-electron chi connectivity index (χ1n) is 8.44. The molecule has 0 aromatic carbocycles. The van der Waals surface area contributed by atoms with Gasteiger partial charge in [0.2, 0.25) is 5.91 Å². The summed E-state index contributed by atoms with van der Waals surface area (Å²) in [5.41, 5.74) is 1.29. The Bertz CT molecular complexity index is 729. The summed E-state index contributed by atoms with van der Waals surface area (Å²) in [6.07, 6.45) is 1.95. The van der Waals surface area contributed by atoms with Gasteiger partial charge in [0, 0.05) is 43.5 Å². The minimum absolute atomic E-state index is 0. The third kappa shape index (κ3) is 5.43. The molecule has 1 aliphatic rings. The predicted octanol–water partition coefficient (Wildman–Crippen LogP) is 3.06. The fraction of sp³-hybridized carbons (Fsp3) is 0.444. The summed E-state index contributed by atoms with van der Waals surface area (Å²) in [6, 6.07) is 6.35. The number of halogens is 1. The molecule has 1 aliphatic heterocycles. The number of rotatable bonds is 5. The van der Waals surface area contributed by atoms with Gasteiger partial charge < -0.3 is 15.1 Å². The molecule has 0 saturated heterocycles. The van der Waals surface area contributed by atoms with Crippen molar-refractivity contribution in [1.82, 2.24) is 15.1 Å². The first kappa shape index (κ1) is 21.2. The van der Waals surface area contributed by atoms with E-state index in [1.54, 1.807) is 29.7 Å². The van der Waals surface area contributed by atoms with E-state index in [9.17, 15) is 4.79 Å². The molecule has 0 unspecified atom stereocenters. The fourth-order valence-corrected chi connectivity index (χ4v) is 4.54. The summed E-state index contributed by atoms with van der Waals surface area (Å²) in [6.45, 7) is 2.69. The Labute approximate surface area is 180 Å². The molecule has 3 heterocycles. The molecule has 1 N–H and O–H groups in total. The monoisotopic (exact) mass is 504 g/mol. The maximum Gasteiger partial charge on any atom is 0.242 e. The summed E-state index contributed by atoms with van der Waals surface area (Å²) in [5, 5.41) is 7.41. The van der Waals surface area contributed by atoms with Crippen LogP contribution in [0.15, 0.2) is 34.0 Å². The minimum atomic E-state index is 0. The lowest BCUT2D eigenvalue weighted by Gasteiger charge is -2.28. The second kappa shape index (κ2) is 10.3. The van der Waals surface area contributed by atoms with Crippen molar-refractivity contribution in [1.29, 1.82) is 0 Å². The number of carbonyl (C=O) groups is 1. The van der Waals surface area contributed by atoms with Gasteiger partial charge in [-0.2, -0.15) is 0 Å². The van der Waals surface area contributed by atoms with E-state index in [0.717, 1.165) is 38.4 Å². The number of amides is 1. The Morgan fingerprint density at radius 1 is 1.35 bits per heavy atom. The molecule has 0 saturated carbocycles. The van der Waals surface area contributed by atoms with Gasteiger partial charge in [0.25, 0.3) is 0 Å². The number of likely N-dealkylation sites (N-methyl/N-ethyl adjacent to an activating group) is 1. The molecule has 3 rings (SSSR count). The lowest BCUT2D eigenvalue weighted by molar-refractivity contribution is -0.130. The maximum absolute atomic E-state index is 12.5. The van der Waals surface area contributed by atoms with Crippen molar-refractivity contribution in [3.63, 3.8) is 0 Å². The van der Waals surface area contributed by atoms with Crippen molar-refractivity contribution in [2.75, 3.05) is 33.7 Å². The molecular weight excluding hydrogens is 479 g/mol. The van der Waals surface area contributed by atoms with Gasteiger partial charge >= 0.3 is 0 Å². The molecule has 0 bridgehead atoms. The average Bonchev–Trinajstić information content (AvgIpc) is 3.30. The van der Waals surface area contributed by atoms with E-state index in [4.69, 9.17) is 0 Å². The molecule has 2 aromatic heterocycles. The summed E-state index contributed by atoms with van der Waals surface area (Å²) in [5.74, 6) is 0.891. The molecule has 26 heavy (non-hydrogen) atoms. The Kier molecular flexibility index (Phi) is 8.36. The highest BCUT2D eigenvalue weighted by Gasteiger charge is 2.21. The van der Waals surface area contributed by atoms with Crippen LogP contribution in [0.25, 0.3) is 0 Å². The first-order valence-corrected chi connectivity index (χ1v) is 10.2. The summed E-state index contributed by atoms with van der Waals surface area (Å²) in [4.78, 5) is 23.6. The number of hydrogen-bond donors (Lipinski definition) is 1. The standard InChI is InChI=1S/C18H24N4OS2.HI/c1-19-18(21(2)8-5-15-4-3-10-24-15)20-12-17(23)22-9-6-16-14(13-22)7-11-25-16;/h3-4,7,10-11H,5-6,8-9,12-13H2,1-2H3,(H,19,20);1H. The SMILES string of the molecule is CN=C(NCC(=O)N1CCc2sccc2C1)N(C)CCc1cccs1.I. The van der Waals surface area contributed by atoms with Crippen LogP contribution in [0, 0.1) is 0 Å². The van der Waals surface area contributed by atoms with E-state index in [0.29, 0.717) is 0 Å². The highest BCUT2D eigenvalue weighted by Crippen LogP contribution is 2.23. The number of thiophene rings is 2. The van der Waals surface area contributed by atoms with E-state index in [2.05, 4.69) is 44.2 Å². The summed E-state index contributed by atoms with van der Waals surface area (Å²) in [7, 11) is 3.76. The molecule has 5 nitrogen and oxygen atoms in total. The Morgan fingerprint density at radius 2 is 2.19 bits per heavy atom. The second-order valence-electron chi connectivity index (χ2n) is 6.09. The van der Waals surface area contributed by atoms with Crippen LogP contribution in [0.1, 0.15) is 15.3 Å². The van der Waals surface area contributed by atoms with E-state index < -0.39 is 0 Å². The van der Waals surface area contributed by atoms with Gasteiger partial charge in [-0.25, -0.2) is 0 Å². The van der Waals surface area contributed by atoms with Crippen molar-refractivity contribution in [3.05, 3.63) is 44.3 Å². The zero-order valence-electron chi connectivity index (χ0n) is 15.1. The van der Waals surface area contributed by atoms with E-state index in [-0.39, 0.29) is 36.4 Å². The van der Waals surface area contributed by atoms with Gasteiger partial charge in [0.1, 0.15) is 0 Å². The third-order valence-corrected chi connectivity index (χ3v) is 6.36. The van der Waals surface area contributed by atoms with Crippen LogP contribution in [-0.4, -0.2) is 55.4 Å². The van der Waals surface area contributed by atoms with Crippen molar-refractivity contribution < 1.29 is 4.79 Å². The highest BCUT2D eigenvalue weighted by molar-refractivity contribution is 14.0. The van der Waals surface area contributed by atoms with Gasteiger partial charge in [-0.3, -0.25) is 9.79 Å². The van der Waals surface area contributed by atoms with Crippen LogP contribution in [0.2, 0.25) is 0 Å². The quantitative estimate of drug-likeness (QED) is 0.387. The number of guanidine groups is 1. The normalized spacial score (nSPS) is 13.8. The second-order valence-corrected chi connectivity index (χ2v) is 8.12. The van der Waals surface area contributed by atoms with Crippen molar-refractivity contribution in [3.8, 4) is 0 Å². The fourth-order valence-electron chi connectivity index (χ4n) is 2.95. The van der Waals surface area contributed by atoms with Gasteiger partial charge in [-0.05, 0) is 41.3 Å². The molecule has 1 amide bonds. The Balaban J connectivity index is 0.00000243. The molecule has 142 valence electrons. The lowest BCUT2D eigenvalue weighted by Crippen LogP contribution is -2.46. The number of hydrogen-bond acceptors (Lipinski definition) is 4. The average molecular weight is 504 g/mol. The van der Waals surface area contributed by atoms with E-state index >= 15 is 0 Å². The van der Waals surface area contributed by atoms with Crippen LogP contribution < -0.4 is 5.32 Å². The minimum Gasteiger partial charge on any atom is -0.347 e. The van der Waals surface area contributed by atoms with Gasteiger partial charge in [-0.1, -0.05) is 6.07 Å². The van der Waals surface area contributed by atoms with Crippen LogP contribution >= 0.6 is 46.7 Å². The largest absolute Gasteiger partial charge is 0.347 e. The molecule has 0 radical (unpaired) electrons. The number of nitrogens with one attached hydrogen (secondary N) is 1. The van der Waals surface area contributed by atoms with Crippen LogP contribution in [-0.2, 0) is 24.2 Å². The van der Waals surface area contributed by atoms with Crippen LogP contribution in [0.4, 0.5) is 0 Å². The Morgan fingerprint density at radius 3 is 2.92 bits per heavy atom. The van der Waals surface area contributed by atoms with Crippen molar-refractivity contribution in [2.24, 2.45) is 4.99 Å². The number of nitrogens with zero attached hydrogens (tertiary/aromatic N) is 3. The number of fused-ring (bicyclic) bond motifs is 1. The van der Waals surface area contributed by atoms with Gasteiger partial charge in [0.15, 0.2) is 5.96 Å². The highest BCUT2D eigenvalue weighted by atomic mass is 127. The summed E-state index contributed by atoms with van der Waals surface area (Å²) >= 11 is 3.56. The molecule has 8 heteroatoms. The Hall–Kier alpha value is -1.13. The summed E-state index contributed by atoms with van der Waals surface area (Å²) < 4.78 is 0. The van der Waals surface area contributed by atoms with Crippen molar-refractivity contribution >= 4 is 58.5 Å². The maximum atomic E-state index is 12.5. The smallest absolute Gasteiger partial charge is 0.242 e. The predicted molar refractivity (Wildman–Crippen MR) is 121 cm³/mol. The first-order chi connectivity index (χ1) is 12.2. The topological polar surface area (TPSA) is 47.9 Å². The van der Waals surface area contributed by atoms with Crippen molar-refractivity contribution in [2.45, 2.75) is 19.4 Å². The van der Waals surface area contributed by atoms with E-state index in [1.807, 2.05) is 11.9 Å². The van der Waals surface area contributed by atoms with Gasteiger partial charge in [0.05, 0.1) is 6.54 Å². The molecule has 0 fully saturated rings. The number of aliphatic imine (C=N–C) groups is 1. The molecule has 0 spiro atoms. The van der Waals surface area contributed by atoms with Crippen LogP contribution in [0.5, 0.6) is 0 Å². The van der Waals surface area contributed by atoms with E-state index in [1.165, 1.54) is 15.3 Å². The zero-order chi connectivity index (χ0) is 17.6. The van der Waals surface area contributed by atoms with Gasteiger partial charge in [-0.15, -0.1) is 46.7 Å². The molecule has 0 aliphatic carbocycles. The third-order valence-electron chi connectivity index (χ3n) is 4.41. The molecule has 0 atom stereocenters. The lowest BCUT2D eigenvalue weighted by atomic mass is 10.1.